The van der Waals surface area contributed by atoms with Crippen LogP contribution in [0.4, 0.5) is 0 Å². The van der Waals surface area contributed by atoms with Crippen molar-refractivity contribution in [2.24, 2.45) is 5.92 Å². The summed E-state index contributed by atoms with van der Waals surface area (Å²) in [6.07, 6.45) is 3.07. The van der Waals surface area contributed by atoms with Gasteiger partial charge in [0.2, 0.25) is 0 Å². The lowest BCUT2D eigenvalue weighted by Gasteiger charge is -2.41. The molecule has 0 aromatic heterocycles. The lowest BCUT2D eigenvalue weighted by atomic mass is 9.76. The molecule has 96 valence electrons. The van der Waals surface area contributed by atoms with E-state index in [9.17, 15) is 9.90 Å². The fourth-order valence-electron chi connectivity index (χ4n) is 3.85. The number of carboxylic acid groups (broad SMARTS) is 1. The van der Waals surface area contributed by atoms with Crippen LogP contribution < -0.4 is 0 Å². The largest absolute Gasteiger partial charge is 0.481 e. The van der Waals surface area contributed by atoms with E-state index in [1.165, 1.54) is 5.56 Å². The van der Waals surface area contributed by atoms with Crippen molar-refractivity contribution in [3.05, 3.63) is 35.9 Å². The smallest absolute Gasteiger partial charge is 0.307 e. The summed E-state index contributed by atoms with van der Waals surface area (Å²) in [5.41, 5.74) is 1.18. The minimum absolute atomic E-state index is 0.146. The summed E-state index contributed by atoms with van der Waals surface area (Å²) in [6.45, 7) is 0. The van der Waals surface area contributed by atoms with Crippen molar-refractivity contribution in [2.75, 3.05) is 7.05 Å². The van der Waals surface area contributed by atoms with Gasteiger partial charge in [-0.2, -0.15) is 0 Å². The third-order valence-corrected chi connectivity index (χ3v) is 4.77. The first-order valence-corrected chi connectivity index (χ1v) is 6.68. The van der Waals surface area contributed by atoms with Crippen molar-refractivity contribution in [2.45, 2.75) is 37.3 Å². The normalized spacial score (nSPS) is 35.6. The van der Waals surface area contributed by atoms with Gasteiger partial charge in [-0.15, -0.1) is 0 Å². The Morgan fingerprint density at radius 1 is 1.28 bits per heavy atom. The van der Waals surface area contributed by atoms with Crippen LogP contribution in [-0.2, 0) is 4.79 Å². The zero-order valence-electron chi connectivity index (χ0n) is 10.6. The summed E-state index contributed by atoms with van der Waals surface area (Å²) < 4.78 is 0. The standard InChI is InChI=1S/C15H19NO2/c1-16-11-7-8-13(16)14(12(9-11)15(17)18)10-5-3-2-4-6-10/h2-6,11-14H,7-9H2,1H3,(H,17,18)/t11-,12-,13+,14-/m0/s1. The van der Waals surface area contributed by atoms with Crippen molar-refractivity contribution >= 4 is 5.97 Å². The molecule has 3 rings (SSSR count). The van der Waals surface area contributed by atoms with Crippen LogP contribution in [0.2, 0.25) is 0 Å². The maximum absolute atomic E-state index is 11.5. The molecule has 0 radical (unpaired) electrons. The Bertz CT molecular complexity index is 445. The average molecular weight is 245 g/mol. The second kappa shape index (κ2) is 4.39. The molecule has 18 heavy (non-hydrogen) atoms. The molecule has 3 heteroatoms. The third-order valence-electron chi connectivity index (χ3n) is 4.77. The molecule has 1 aromatic carbocycles. The summed E-state index contributed by atoms with van der Waals surface area (Å²) in [4.78, 5) is 13.9. The summed E-state index contributed by atoms with van der Waals surface area (Å²) in [7, 11) is 2.15. The van der Waals surface area contributed by atoms with Gasteiger partial charge in [0.25, 0.3) is 0 Å². The van der Waals surface area contributed by atoms with Crippen LogP contribution in [0.5, 0.6) is 0 Å². The van der Waals surface area contributed by atoms with Crippen LogP contribution in [0.3, 0.4) is 0 Å². The predicted octanol–water partition coefficient (Wildman–Crippen LogP) is 2.34. The van der Waals surface area contributed by atoms with Gasteiger partial charge in [-0.3, -0.25) is 9.69 Å². The number of benzene rings is 1. The van der Waals surface area contributed by atoms with Crippen molar-refractivity contribution in [1.29, 1.82) is 0 Å². The summed E-state index contributed by atoms with van der Waals surface area (Å²) in [5.74, 6) is -0.706. The molecule has 1 aromatic rings. The van der Waals surface area contributed by atoms with Crippen LogP contribution >= 0.6 is 0 Å². The minimum Gasteiger partial charge on any atom is -0.481 e. The Kier molecular flexibility index (Phi) is 2.86. The molecule has 0 saturated carbocycles. The number of carbonyl (C=O) groups is 1. The fraction of sp³-hybridized carbons (Fsp3) is 0.533. The Hall–Kier alpha value is -1.35. The molecule has 2 bridgehead atoms. The maximum Gasteiger partial charge on any atom is 0.307 e. The number of aliphatic carboxylic acids is 1. The van der Waals surface area contributed by atoms with Gasteiger partial charge in [0.1, 0.15) is 0 Å². The third kappa shape index (κ3) is 1.74. The van der Waals surface area contributed by atoms with E-state index < -0.39 is 5.97 Å². The van der Waals surface area contributed by atoms with E-state index in [4.69, 9.17) is 0 Å². The number of carboxylic acids is 1. The second-order valence-corrected chi connectivity index (χ2v) is 5.58. The molecule has 2 aliphatic rings. The van der Waals surface area contributed by atoms with Gasteiger partial charge in [-0.05, 0) is 31.9 Å². The second-order valence-electron chi connectivity index (χ2n) is 5.58. The molecule has 2 fully saturated rings. The van der Waals surface area contributed by atoms with Gasteiger partial charge in [0.15, 0.2) is 0 Å². The Balaban J connectivity index is 1.99. The Morgan fingerprint density at radius 3 is 2.67 bits per heavy atom. The van der Waals surface area contributed by atoms with Gasteiger partial charge >= 0.3 is 5.97 Å². The van der Waals surface area contributed by atoms with Crippen LogP contribution in [0.15, 0.2) is 30.3 Å². The number of hydrogen-bond donors (Lipinski definition) is 1. The van der Waals surface area contributed by atoms with Crippen molar-refractivity contribution < 1.29 is 9.90 Å². The van der Waals surface area contributed by atoms with Crippen LogP contribution in [0.1, 0.15) is 30.7 Å². The van der Waals surface area contributed by atoms with Crippen molar-refractivity contribution in [3.63, 3.8) is 0 Å². The quantitative estimate of drug-likeness (QED) is 0.869. The lowest BCUT2D eigenvalue weighted by Crippen LogP contribution is -2.47. The SMILES string of the molecule is CN1[C@H]2CC[C@@H]1[C@@H](c1ccccc1)[C@@H](C(=O)O)C2. The highest BCUT2D eigenvalue weighted by atomic mass is 16.4. The monoisotopic (exact) mass is 245 g/mol. The topological polar surface area (TPSA) is 40.5 Å². The van der Waals surface area contributed by atoms with Gasteiger partial charge < -0.3 is 5.11 Å². The summed E-state index contributed by atoms with van der Waals surface area (Å²) in [6, 6.07) is 11.0. The Labute approximate surface area is 107 Å². The van der Waals surface area contributed by atoms with E-state index in [2.05, 4.69) is 24.1 Å². The average Bonchev–Trinajstić information content (AvgIpc) is 2.63. The zero-order valence-corrected chi connectivity index (χ0v) is 10.6. The highest BCUT2D eigenvalue weighted by molar-refractivity contribution is 5.72. The predicted molar refractivity (Wildman–Crippen MR) is 69.5 cm³/mol. The fourth-order valence-corrected chi connectivity index (χ4v) is 3.85. The van der Waals surface area contributed by atoms with E-state index in [0.29, 0.717) is 12.1 Å². The summed E-state index contributed by atoms with van der Waals surface area (Å²) in [5, 5.41) is 9.50. The minimum atomic E-state index is -0.631. The molecular formula is C15H19NO2. The number of hydrogen-bond acceptors (Lipinski definition) is 2. The molecule has 0 amide bonds. The molecule has 0 spiro atoms. The number of nitrogens with zero attached hydrogens (tertiary/aromatic N) is 1. The molecule has 3 nitrogen and oxygen atoms in total. The molecule has 0 unspecified atom stereocenters. The number of rotatable bonds is 2. The van der Waals surface area contributed by atoms with E-state index >= 15 is 0 Å². The van der Waals surface area contributed by atoms with Gasteiger partial charge in [-0.25, -0.2) is 0 Å². The maximum atomic E-state index is 11.5. The highest BCUT2D eigenvalue weighted by Gasteiger charge is 2.48. The first-order chi connectivity index (χ1) is 8.68. The number of piperidine rings is 1. The molecule has 0 aliphatic carbocycles. The lowest BCUT2D eigenvalue weighted by molar-refractivity contribution is -0.145. The van der Waals surface area contributed by atoms with Crippen molar-refractivity contribution in [1.82, 2.24) is 4.90 Å². The molecule has 1 N–H and O–H groups in total. The van der Waals surface area contributed by atoms with Crippen LogP contribution in [0, 0.1) is 5.92 Å². The van der Waals surface area contributed by atoms with Gasteiger partial charge in [-0.1, -0.05) is 30.3 Å². The van der Waals surface area contributed by atoms with E-state index in [1.54, 1.807) is 0 Å². The van der Waals surface area contributed by atoms with Crippen LogP contribution in [-0.4, -0.2) is 35.1 Å². The number of likely N-dealkylation sites (N-methyl/N-ethyl adjacent to an activating group) is 1. The highest BCUT2D eigenvalue weighted by Crippen LogP contribution is 2.46. The van der Waals surface area contributed by atoms with Crippen molar-refractivity contribution in [3.8, 4) is 0 Å². The number of fused-ring (bicyclic) bond motifs is 2. The summed E-state index contributed by atoms with van der Waals surface area (Å²) >= 11 is 0. The molecule has 2 aliphatic heterocycles. The van der Waals surface area contributed by atoms with Gasteiger partial charge in [0.05, 0.1) is 5.92 Å². The molecule has 2 heterocycles. The Morgan fingerprint density at radius 2 is 2.00 bits per heavy atom. The van der Waals surface area contributed by atoms with E-state index in [-0.39, 0.29) is 11.8 Å². The molecule has 4 atom stereocenters. The first kappa shape index (κ1) is 11.7. The van der Waals surface area contributed by atoms with Gasteiger partial charge in [0, 0.05) is 18.0 Å². The van der Waals surface area contributed by atoms with Crippen LogP contribution in [0.25, 0.3) is 0 Å². The zero-order chi connectivity index (χ0) is 12.7. The molecular weight excluding hydrogens is 226 g/mol. The molecule has 2 saturated heterocycles. The van der Waals surface area contributed by atoms with E-state index in [0.717, 1.165) is 19.3 Å². The first-order valence-electron chi connectivity index (χ1n) is 6.68. The van der Waals surface area contributed by atoms with E-state index in [1.807, 2.05) is 18.2 Å².